The van der Waals surface area contributed by atoms with E-state index in [9.17, 15) is 20.0 Å². The molecule has 0 aliphatic heterocycles. The van der Waals surface area contributed by atoms with Crippen molar-refractivity contribution in [1.29, 1.82) is 5.26 Å². The summed E-state index contributed by atoms with van der Waals surface area (Å²) >= 11 is 0. The fourth-order valence-electron chi connectivity index (χ4n) is 4.77. The Balaban J connectivity index is 0.000000355. The fourth-order valence-corrected chi connectivity index (χ4v) is 4.77. The van der Waals surface area contributed by atoms with Gasteiger partial charge in [0.05, 0.1) is 7.11 Å². The number of ether oxygens (including phenoxy) is 1. The molecule has 0 spiro atoms. The molecule has 216 valence electrons. The monoisotopic (exact) mass is 547 g/mol. The standard InChI is InChI=1S/C19H34BN3O4.C13H12/c1-14(2)9-10-20(13-21)16(12-24)5-4-6-17(15-7-8-15)23-18(25)11-22-19(26)27-3;1-3-7-12(8-4-1)11-13-9-5-2-6-10-13/h14-17,24H,4-12H2,1-3H3,(H,22,26)(H,23,25);1-10H,11H2. The lowest BCUT2D eigenvalue weighted by atomic mass is 9.39. The highest BCUT2D eigenvalue weighted by atomic mass is 16.5. The molecule has 1 aliphatic rings. The highest BCUT2D eigenvalue weighted by Crippen LogP contribution is 2.35. The summed E-state index contributed by atoms with van der Waals surface area (Å²) in [6.45, 7) is 4.09. The largest absolute Gasteiger partial charge is 0.453 e. The van der Waals surface area contributed by atoms with Gasteiger partial charge in [0.1, 0.15) is 6.54 Å². The normalized spacial score (nSPS) is 13.7. The molecule has 3 N–H and O–H groups in total. The summed E-state index contributed by atoms with van der Waals surface area (Å²) in [7, 11) is 1.26. The van der Waals surface area contributed by atoms with E-state index in [1.807, 2.05) is 0 Å². The Kier molecular flexibility index (Phi) is 15.5. The van der Waals surface area contributed by atoms with Gasteiger partial charge in [0, 0.05) is 18.6 Å². The quantitative estimate of drug-likeness (QED) is 0.250. The topological polar surface area (TPSA) is 111 Å². The number of hydrogen-bond donors (Lipinski definition) is 3. The van der Waals surface area contributed by atoms with Gasteiger partial charge in [0.15, 0.2) is 0 Å². The van der Waals surface area contributed by atoms with Gasteiger partial charge < -0.3 is 20.5 Å². The van der Waals surface area contributed by atoms with Gasteiger partial charge in [-0.1, -0.05) is 100 Å². The van der Waals surface area contributed by atoms with Crippen molar-refractivity contribution >= 4 is 18.7 Å². The molecule has 0 aromatic heterocycles. The number of benzene rings is 2. The second kappa shape index (κ2) is 18.9. The molecule has 8 heteroatoms. The summed E-state index contributed by atoms with van der Waals surface area (Å²) in [6, 6.07) is 21.2. The minimum atomic E-state index is -0.622. The maximum atomic E-state index is 12.0. The van der Waals surface area contributed by atoms with Crippen molar-refractivity contribution in [2.75, 3.05) is 20.3 Å². The van der Waals surface area contributed by atoms with Crippen LogP contribution in [-0.2, 0) is 16.0 Å². The predicted molar refractivity (Wildman–Crippen MR) is 161 cm³/mol. The average Bonchev–Trinajstić information content (AvgIpc) is 3.81. The number of amides is 2. The van der Waals surface area contributed by atoms with Crippen LogP contribution in [0.25, 0.3) is 0 Å². The summed E-state index contributed by atoms with van der Waals surface area (Å²) in [5.74, 6) is 3.18. The molecule has 1 fully saturated rings. The van der Waals surface area contributed by atoms with Gasteiger partial charge in [-0.25, -0.2) is 10.1 Å². The maximum absolute atomic E-state index is 12.0. The number of aliphatic hydroxyl groups excluding tert-OH is 1. The van der Waals surface area contributed by atoms with Crippen LogP contribution in [0.15, 0.2) is 60.7 Å². The molecular weight excluding hydrogens is 501 g/mol. The van der Waals surface area contributed by atoms with Crippen LogP contribution < -0.4 is 10.6 Å². The van der Waals surface area contributed by atoms with Crippen molar-refractivity contribution in [2.45, 2.75) is 77.0 Å². The van der Waals surface area contributed by atoms with Crippen LogP contribution in [0, 0.1) is 23.1 Å². The minimum Gasteiger partial charge on any atom is -0.453 e. The van der Waals surface area contributed by atoms with Gasteiger partial charge in [0.2, 0.25) is 5.91 Å². The van der Waals surface area contributed by atoms with Gasteiger partial charge in [0.25, 0.3) is 6.71 Å². The minimum absolute atomic E-state index is 0.00899. The first-order valence-corrected chi connectivity index (χ1v) is 14.6. The zero-order valence-corrected chi connectivity index (χ0v) is 24.4. The second-order valence-corrected chi connectivity index (χ2v) is 11.1. The molecule has 0 saturated heterocycles. The number of nitrogens with zero attached hydrogens (tertiary/aromatic N) is 1. The number of nitrogens with one attached hydrogen (secondary N) is 2. The lowest BCUT2D eigenvalue weighted by Gasteiger charge is -2.21. The Labute approximate surface area is 240 Å². The van der Waals surface area contributed by atoms with Crippen LogP contribution in [0.4, 0.5) is 4.79 Å². The molecule has 0 radical (unpaired) electrons. The Morgan fingerprint density at radius 2 is 1.62 bits per heavy atom. The van der Waals surface area contributed by atoms with Crippen molar-refractivity contribution in [3.05, 3.63) is 71.8 Å². The lowest BCUT2D eigenvalue weighted by molar-refractivity contribution is -0.121. The molecule has 1 saturated carbocycles. The van der Waals surface area contributed by atoms with Crippen LogP contribution in [0.2, 0.25) is 12.1 Å². The Hall–Kier alpha value is -3.31. The molecular formula is C32H46BN3O4. The summed E-state index contributed by atoms with van der Waals surface area (Å²) in [6.07, 6.45) is 6.90. The molecule has 2 unspecified atom stereocenters. The van der Waals surface area contributed by atoms with E-state index >= 15 is 0 Å². The molecule has 0 bridgehead atoms. The third-order valence-electron chi connectivity index (χ3n) is 7.32. The van der Waals surface area contributed by atoms with E-state index in [1.54, 1.807) is 0 Å². The second-order valence-electron chi connectivity index (χ2n) is 11.1. The number of aliphatic hydroxyl groups is 1. The Morgan fingerprint density at radius 1 is 1.02 bits per heavy atom. The van der Waals surface area contributed by atoms with Crippen LogP contribution in [0.5, 0.6) is 0 Å². The zero-order chi connectivity index (χ0) is 29.2. The molecule has 1 aliphatic carbocycles. The van der Waals surface area contributed by atoms with Crippen LogP contribution in [-0.4, -0.2) is 50.1 Å². The number of nitriles is 1. The number of rotatable bonds is 15. The average molecular weight is 548 g/mol. The van der Waals surface area contributed by atoms with E-state index < -0.39 is 6.09 Å². The third-order valence-corrected chi connectivity index (χ3v) is 7.32. The summed E-state index contributed by atoms with van der Waals surface area (Å²) in [5, 5.41) is 24.5. The molecule has 2 atom stereocenters. The number of carbonyl (C=O) groups is 2. The highest BCUT2D eigenvalue weighted by Gasteiger charge is 2.32. The van der Waals surface area contributed by atoms with Crippen LogP contribution >= 0.6 is 0 Å². The van der Waals surface area contributed by atoms with E-state index in [1.165, 1.54) is 18.2 Å². The van der Waals surface area contributed by atoms with Crippen molar-refractivity contribution < 1.29 is 19.4 Å². The van der Waals surface area contributed by atoms with E-state index in [0.717, 1.165) is 51.3 Å². The smallest absolute Gasteiger partial charge is 0.407 e. The highest BCUT2D eigenvalue weighted by molar-refractivity contribution is 6.68. The zero-order valence-electron chi connectivity index (χ0n) is 24.4. The van der Waals surface area contributed by atoms with Crippen molar-refractivity contribution in [3.8, 4) is 5.97 Å². The third kappa shape index (κ3) is 13.7. The number of hydrogen-bond acceptors (Lipinski definition) is 5. The van der Waals surface area contributed by atoms with E-state index in [-0.39, 0.29) is 37.6 Å². The van der Waals surface area contributed by atoms with Crippen molar-refractivity contribution in [2.24, 2.45) is 11.8 Å². The van der Waals surface area contributed by atoms with Crippen LogP contribution in [0.3, 0.4) is 0 Å². The van der Waals surface area contributed by atoms with Crippen molar-refractivity contribution in [3.63, 3.8) is 0 Å². The van der Waals surface area contributed by atoms with E-state index in [2.05, 4.69) is 95.9 Å². The molecule has 2 aromatic rings. The Morgan fingerprint density at radius 3 is 2.10 bits per heavy atom. The molecule has 2 aromatic carbocycles. The molecule has 7 nitrogen and oxygen atoms in total. The van der Waals surface area contributed by atoms with Crippen LogP contribution in [0.1, 0.15) is 63.5 Å². The van der Waals surface area contributed by atoms with Gasteiger partial charge >= 0.3 is 6.09 Å². The first-order chi connectivity index (χ1) is 19.4. The van der Waals surface area contributed by atoms with Gasteiger partial charge in [-0.05, 0) is 54.5 Å². The lowest BCUT2D eigenvalue weighted by Crippen LogP contribution is -2.43. The van der Waals surface area contributed by atoms with Crippen molar-refractivity contribution in [1.82, 2.24) is 10.6 Å². The predicted octanol–water partition coefficient (Wildman–Crippen LogP) is 5.65. The summed E-state index contributed by atoms with van der Waals surface area (Å²) in [4.78, 5) is 23.1. The number of methoxy groups -OCH3 is 1. The van der Waals surface area contributed by atoms with E-state index in [4.69, 9.17) is 0 Å². The first-order valence-electron chi connectivity index (χ1n) is 14.6. The van der Waals surface area contributed by atoms with E-state index in [0.29, 0.717) is 11.8 Å². The fraction of sp³-hybridized carbons (Fsp3) is 0.531. The SMILES string of the molecule is COC(=O)NCC(=O)NC(CCCC(CO)B(C#N)CCC(C)C)C1CC1.c1ccc(Cc2ccccc2)cc1. The first kappa shape index (κ1) is 32.9. The molecule has 3 rings (SSSR count). The van der Waals surface area contributed by atoms with Gasteiger partial charge in [-0.15, -0.1) is 0 Å². The molecule has 40 heavy (non-hydrogen) atoms. The summed E-state index contributed by atoms with van der Waals surface area (Å²) < 4.78 is 4.46. The maximum Gasteiger partial charge on any atom is 0.407 e. The molecule has 0 heterocycles. The number of alkyl carbamates (subject to hydrolysis) is 1. The summed E-state index contributed by atoms with van der Waals surface area (Å²) in [5.41, 5.74) is 2.74. The molecule has 2 amide bonds. The Bertz CT molecular complexity index is 988. The van der Waals surface area contributed by atoms with Gasteiger partial charge in [-0.3, -0.25) is 4.79 Å². The van der Waals surface area contributed by atoms with Gasteiger partial charge in [-0.2, -0.15) is 0 Å². The number of carbonyl (C=O) groups excluding carboxylic acids is 2.